The molecule has 0 fully saturated rings. The first-order valence-corrected chi connectivity index (χ1v) is 10.5. The van der Waals surface area contributed by atoms with Gasteiger partial charge >= 0.3 is 0 Å². The second-order valence-electron chi connectivity index (χ2n) is 7.95. The number of benzene rings is 3. The lowest BCUT2D eigenvalue weighted by Crippen LogP contribution is -2.20. The molecule has 1 atom stereocenters. The zero-order valence-corrected chi connectivity index (χ0v) is 17.9. The highest BCUT2D eigenvalue weighted by atomic mass is 16.1. The molecule has 4 aromatic rings. The Bertz CT molecular complexity index is 1290. The van der Waals surface area contributed by atoms with Crippen LogP contribution in [-0.4, -0.2) is 20.7 Å². The number of allylic oxidation sites excluding steroid dienone is 1. The average Bonchev–Trinajstić information content (AvgIpc) is 3.22. The Hall–Kier alpha value is -4.19. The summed E-state index contributed by atoms with van der Waals surface area (Å²) in [4.78, 5) is 17.2. The SMILES string of the molecule is Cc1ccc(C2=C[C@H](c3ccc(C)cc3)n3nc(NC(=O)c4ccccc4)nc3N2)cc1. The molecule has 1 aliphatic rings. The van der Waals surface area contributed by atoms with Crippen molar-refractivity contribution in [1.29, 1.82) is 0 Å². The Morgan fingerprint density at radius 3 is 2.25 bits per heavy atom. The molecule has 1 aromatic heterocycles. The maximum absolute atomic E-state index is 12.6. The molecule has 6 nitrogen and oxygen atoms in total. The van der Waals surface area contributed by atoms with E-state index in [4.69, 9.17) is 0 Å². The maximum Gasteiger partial charge on any atom is 0.258 e. The molecule has 0 spiro atoms. The summed E-state index contributed by atoms with van der Waals surface area (Å²) in [5, 5.41) is 10.8. The van der Waals surface area contributed by atoms with Crippen LogP contribution in [0, 0.1) is 13.8 Å². The van der Waals surface area contributed by atoms with Gasteiger partial charge in [0.1, 0.15) is 6.04 Å². The monoisotopic (exact) mass is 421 g/mol. The van der Waals surface area contributed by atoms with Crippen LogP contribution < -0.4 is 10.6 Å². The zero-order valence-electron chi connectivity index (χ0n) is 17.9. The van der Waals surface area contributed by atoms with Crippen molar-refractivity contribution in [2.24, 2.45) is 0 Å². The number of hydrogen-bond acceptors (Lipinski definition) is 4. The highest BCUT2D eigenvalue weighted by Crippen LogP contribution is 2.33. The van der Waals surface area contributed by atoms with Crippen LogP contribution in [0.1, 0.15) is 38.7 Å². The summed E-state index contributed by atoms with van der Waals surface area (Å²) in [5.41, 5.74) is 6.07. The first kappa shape index (κ1) is 19.8. The third kappa shape index (κ3) is 3.90. The number of nitrogens with one attached hydrogen (secondary N) is 2. The molecule has 0 saturated heterocycles. The predicted molar refractivity (Wildman–Crippen MR) is 127 cm³/mol. The van der Waals surface area contributed by atoms with Gasteiger partial charge in [-0.25, -0.2) is 4.68 Å². The second kappa shape index (κ2) is 8.15. The van der Waals surface area contributed by atoms with Gasteiger partial charge in [-0.1, -0.05) is 77.9 Å². The number of rotatable bonds is 4. The van der Waals surface area contributed by atoms with Crippen molar-refractivity contribution in [3.05, 3.63) is 113 Å². The van der Waals surface area contributed by atoms with Crippen molar-refractivity contribution < 1.29 is 4.79 Å². The van der Waals surface area contributed by atoms with Crippen LogP contribution >= 0.6 is 0 Å². The van der Waals surface area contributed by atoms with E-state index >= 15 is 0 Å². The van der Waals surface area contributed by atoms with Crippen LogP contribution in [0.25, 0.3) is 5.70 Å². The van der Waals surface area contributed by atoms with Gasteiger partial charge in [0.2, 0.25) is 5.95 Å². The average molecular weight is 422 g/mol. The van der Waals surface area contributed by atoms with E-state index in [1.807, 2.05) is 22.9 Å². The Balaban J connectivity index is 1.51. The molecule has 0 aliphatic carbocycles. The van der Waals surface area contributed by atoms with E-state index in [9.17, 15) is 4.79 Å². The van der Waals surface area contributed by atoms with Crippen LogP contribution in [-0.2, 0) is 0 Å². The van der Waals surface area contributed by atoms with Crippen LogP contribution in [0.15, 0.2) is 84.9 Å². The third-order valence-electron chi connectivity index (χ3n) is 5.51. The Labute approximate surface area is 186 Å². The van der Waals surface area contributed by atoms with Gasteiger partial charge in [-0.2, -0.15) is 4.98 Å². The zero-order chi connectivity index (χ0) is 22.1. The lowest BCUT2D eigenvalue weighted by molar-refractivity contribution is 0.102. The molecule has 2 N–H and O–H groups in total. The lowest BCUT2D eigenvalue weighted by Gasteiger charge is -2.24. The van der Waals surface area contributed by atoms with Crippen molar-refractivity contribution in [3.8, 4) is 0 Å². The normalized spacial score (nSPS) is 14.8. The van der Waals surface area contributed by atoms with E-state index in [-0.39, 0.29) is 17.9 Å². The van der Waals surface area contributed by atoms with E-state index < -0.39 is 0 Å². The number of fused-ring (bicyclic) bond motifs is 1. The molecule has 1 aliphatic heterocycles. The Morgan fingerprint density at radius 2 is 1.56 bits per heavy atom. The summed E-state index contributed by atoms with van der Waals surface area (Å²) in [6, 6.07) is 25.6. The van der Waals surface area contributed by atoms with E-state index in [2.05, 4.69) is 89.2 Å². The number of carbonyl (C=O) groups excluding carboxylic acids is 1. The molecule has 32 heavy (non-hydrogen) atoms. The fraction of sp³-hybridized carbons (Fsp3) is 0.115. The van der Waals surface area contributed by atoms with Gasteiger partial charge in [0.05, 0.1) is 0 Å². The highest BCUT2D eigenvalue weighted by molar-refractivity contribution is 6.03. The Kier molecular flexibility index (Phi) is 5.03. The molecule has 0 radical (unpaired) electrons. The number of aryl methyl sites for hydroxylation is 2. The molecular formula is C26H23N5O. The molecule has 3 aromatic carbocycles. The molecule has 0 bridgehead atoms. The first-order chi connectivity index (χ1) is 15.6. The quantitative estimate of drug-likeness (QED) is 0.475. The standard InChI is InChI=1S/C26H23N5O/c1-17-8-12-19(13-9-17)22-16-23(20-14-10-18(2)11-15-20)31-26(27-22)29-25(30-31)28-24(32)21-6-4-3-5-7-21/h3-16,23H,1-2H3,(H2,27,28,29,30,32)/t23-/m1/s1. The summed E-state index contributed by atoms with van der Waals surface area (Å²) in [6.45, 7) is 4.14. The Morgan fingerprint density at radius 1 is 0.906 bits per heavy atom. The number of aromatic nitrogens is 3. The van der Waals surface area contributed by atoms with E-state index in [0.717, 1.165) is 16.8 Å². The molecule has 0 unspecified atom stereocenters. The van der Waals surface area contributed by atoms with Crippen LogP contribution in [0.5, 0.6) is 0 Å². The molecule has 6 heteroatoms. The van der Waals surface area contributed by atoms with Crippen LogP contribution in [0.4, 0.5) is 11.9 Å². The van der Waals surface area contributed by atoms with Gasteiger partial charge < -0.3 is 5.32 Å². The topological polar surface area (TPSA) is 71.8 Å². The summed E-state index contributed by atoms with van der Waals surface area (Å²) in [6.07, 6.45) is 2.14. The minimum atomic E-state index is -0.243. The largest absolute Gasteiger partial charge is 0.324 e. The first-order valence-electron chi connectivity index (χ1n) is 10.5. The van der Waals surface area contributed by atoms with Crippen molar-refractivity contribution in [2.45, 2.75) is 19.9 Å². The van der Waals surface area contributed by atoms with Gasteiger partial charge in [0.15, 0.2) is 0 Å². The van der Waals surface area contributed by atoms with E-state index in [1.54, 1.807) is 12.1 Å². The summed E-state index contributed by atoms with van der Waals surface area (Å²) < 4.78 is 1.81. The van der Waals surface area contributed by atoms with Gasteiger partial charge in [0, 0.05) is 11.3 Å². The highest BCUT2D eigenvalue weighted by Gasteiger charge is 2.26. The van der Waals surface area contributed by atoms with E-state index in [1.165, 1.54) is 11.1 Å². The molecule has 2 heterocycles. The molecule has 1 amide bonds. The number of carbonyl (C=O) groups is 1. The van der Waals surface area contributed by atoms with Crippen molar-refractivity contribution in [2.75, 3.05) is 10.6 Å². The molecule has 5 rings (SSSR count). The molecule has 0 saturated carbocycles. The number of anilines is 2. The molecule has 158 valence electrons. The summed E-state index contributed by atoms with van der Waals surface area (Å²) in [5.74, 6) is 0.598. The molecular weight excluding hydrogens is 398 g/mol. The van der Waals surface area contributed by atoms with Gasteiger partial charge in [0.25, 0.3) is 11.9 Å². The number of nitrogens with zero attached hydrogens (tertiary/aromatic N) is 3. The van der Waals surface area contributed by atoms with Crippen molar-refractivity contribution in [1.82, 2.24) is 14.8 Å². The third-order valence-corrected chi connectivity index (χ3v) is 5.51. The van der Waals surface area contributed by atoms with Gasteiger partial charge in [-0.15, -0.1) is 5.10 Å². The lowest BCUT2D eigenvalue weighted by atomic mass is 10.0. The number of hydrogen-bond donors (Lipinski definition) is 2. The summed E-state index contributed by atoms with van der Waals surface area (Å²) in [7, 11) is 0. The predicted octanol–water partition coefficient (Wildman–Crippen LogP) is 5.20. The van der Waals surface area contributed by atoms with E-state index in [0.29, 0.717) is 11.5 Å². The maximum atomic E-state index is 12.6. The van der Waals surface area contributed by atoms with Gasteiger partial charge in [-0.3, -0.25) is 10.1 Å². The van der Waals surface area contributed by atoms with Gasteiger partial charge in [-0.05, 0) is 43.2 Å². The fourth-order valence-electron chi connectivity index (χ4n) is 3.71. The van der Waals surface area contributed by atoms with Crippen LogP contribution in [0.2, 0.25) is 0 Å². The minimum absolute atomic E-state index is 0.155. The van der Waals surface area contributed by atoms with Crippen molar-refractivity contribution in [3.63, 3.8) is 0 Å². The van der Waals surface area contributed by atoms with Crippen LogP contribution in [0.3, 0.4) is 0 Å². The van der Waals surface area contributed by atoms with Crippen molar-refractivity contribution >= 4 is 23.5 Å². The number of amides is 1. The minimum Gasteiger partial charge on any atom is -0.324 e. The summed E-state index contributed by atoms with van der Waals surface area (Å²) >= 11 is 0. The fourth-order valence-corrected chi connectivity index (χ4v) is 3.71. The second-order valence-corrected chi connectivity index (χ2v) is 7.95. The smallest absolute Gasteiger partial charge is 0.258 e.